The summed E-state index contributed by atoms with van der Waals surface area (Å²) in [6, 6.07) is -0.328. The van der Waals surface area contributed by atoms with E-state index >= 15 is 0 Å². The van der Waals surface area contributed by atoms with Gasteiger partial charge in [-0.3, -0.25) is 9.69 Å². The smallest absolute Gasteiger partial charge is 0.324 e. The van der Waals surface area contributed by atoms with Crippen LogP contribution in [0.2, 0.25) is 0 Å². The van der Waals surface area contributed by atoms with Gasteiger partial charge in [-0.25, -0.2) is 4.79 Å². The molecule has 120 valence electrons. The molecule has 1 aromatic heterocycles. The molecule has 0 aromatic carbocycles. The minimum Gasteiger partial charge on any atom is -0.416 e. The molecule has 3 amide bonds. The second-order valence-electron chi connectivity index (χ2n) is 5.72. The minimum atomic E-state index is -0.427. The second-order valence-corrected chi connectivity index (χ2v) is 7.02. The summed E-state index contributed by atoms with van der Waals surface area (Å²) >= 11 is 1.21. The van der Waals surface area contributed by atoms with Gasteiger partial charge in [0.2, 0.25) is 11.8 Å². The predicted molar refractivity (Wildman–Crippen MR) is 80.6 cm³/mol. The lowest BCUT2D eigenvalue weighted by molar-refractivity contribution is -0.126. The maximum atomic E-state index is 12.2. The summed E-state index contributed by atoms with van der Waals surface area (Å²) in [5.41, 5.74) is 0. The number of carbonyl (C=O) groups excluding carboxylic acids is 2. The van der Waals surface area contributed by atoms with E-state index in [1.54, 1.807) is 6.92 Å². The number of aromatic nitrogens is 2. The highest BCUT2D eigenvalue weighted by Gasteiger charge is 2.31. The van der Waals surface area contributed by atoms with Gasteiger partial charge in [0.25, 0.3) is 5.22 Å². The molecular weight excluding hydrogens is 304 g/mol. The Hall–Kier alpha value is -1.57. The van der Waals surface area contributed by atoms with E-state index in [9.17, 15) is 9.59 Å². The van der Waals surface area contributed by atoms with Crippen LogP contribution in [0.15, 0.2) is 9.64 Å². The van der Waals surface area contributed by atoms with Crippen molar-refractivity contribution in [2.45, 2.75) is 55.4 Å². The normalized spacial score (nSPS) is 21.0. The van der Waals surface area contributed by atoms with E-state index in [1.807, 2.05) is 0 Å². The number of urea groups is 1. The third kappa shape index (κ3) is 3.26. The van der Waals surface area contributed by atoms with Crippen molar-refractivity contribution < 1.29 is 14.0 Å². The molecule has 0 radical (unpaired) electrons. The van der Waals surface area contributed by atoms with Gasteiger partial charge >= 0.3 is 6.03 Å². The van der Waals surface area contributed by atoms with Gasteiger partial charge in [0, 0.05) is 19.0 Å². The number of nitrogens with one attached hydrogen (secondary N) is 1. The average molecular weight is 324 g/mol. The first-order chi connectivity index (χ1) is 10.6. The van der Waals surface area contributed by atoms with Crippen molar-refractivity contribution in [3.05, 3.63) is 5.89 Å². The predicted octanol–water partition coefficient (Wildman–Crippen LogP) is 2.15. The fraction of sp³-hybridized carbons (Fsp3) is 0.714. The number of imide groups is 1. The first-order valence-corrected chi connectivity index (χ1v) is 8.62. The Morgan fingerprint density at radius 2 is 2.14 bits per heavy atom. The summed E-state index contributed by atoms with van der Waals surface area (Å²) in [4.78, 5) is 25.0. The molecule has 0 spiro atoms. The molecule has 1 N–H and O–H groups in total. The molecule has 3 rings (SSSR count). The molecule has 1 aromatic rings. The lowest BCUT2D eigenvalue weighted by Gasteiger charge is -2.17. The van der Waals surface area contributed by atoms with Crippen molar-refractivity contribution in [1.82, 2.24) is 20.4 Å². The molecule has 0 bridgehead atoms. The van der Waals surface area contributed by atoms with E-state index in [4.69, 9.17) is 4.42 Å². The van der Waals surface area contributed by atoms with Gasteiger partial charge in [0.05, 0.1) is 5.25 Å². The van der Waals surface area contributed by atoms with E-state index in [-0.39, 0.29) is 11.9 Å². The summed E-state index contributed by atoms with van der Waals surface area (Å²) < 4.78 is 5.70. The van der Waals surface area contributed by atoms with Crippen molar-refractivity contribution in [3.8, 4) is 0 Å². The maximum absolute atomic E-state index is 12.2. The number of hydrogen-bond acceptors (Lipinski definition) is 6. The highest BCUT2D eigenvalue weighted by molar-refractivity contribution is 8.00. The zero-order chi connectivity index (χ0) is 15.5. The van der Waals surface area contributed by atoms with Crippen LogP contribution in [-0.2, 0) is 4.79 Å². The molecule has 2 heterocycles. The SMILES string of the molecule is C[C@@H](Sc1nnc(C2CCCCC2)o1)C(=O)N1CCNC1=O. The average Bonchev–Trinajstić information content (AvgIpc) is 3.16. The van der Waals surface area contributed by atoms with E-state index in [0.29, 0.717) is 30.1 Å². The Bertz CT molecular complexity index is 556. The summed E-state index contributed by atoms with van der Waals surface area (Å²) in [6.07, 6.45) is 5.86. The quantitative estimate of drug-likeness (QED) is 0.854. The molecule has 1 aliphatic heterocycles. The molecule has 2 aliphatic rings. The Morgan fingerprint density at radius 1 is 1.36 bits per heavy atom. The lowest BCUT2D eigenvalue weighted by Crippen LogP contribution is -2.38. The van der Waals surface area contributed by atoms with Crippen molar-refractivity contribution in [1.29, 1.82) is 0 Å². The highest BCUT2D eigenvalue weighted by atomic mass is 32.2. The highest BCUT2D eigenvalue weighted by Crippen LogP contribution is 2.33. The van der Waals surface area contributed by atoms with Crippen LogP contribution in [0.4, 0.5) is 4.79 Å². The van der Waals surface area contributed by atoms with E-state index in [1.165, 1.54) is 35.9 Å². The molecule has 1 aliphatic carbocycles. The largest absolute Gasteiger partial charge is 0.416 e. The van der Waals surface area contributed by atoms with Crippen LogP contribution in [-0.4, -0.2) is 45.4 Å². The minimum absolute atomic E-state index is 0.225. The standard InChI is InChI=1S/C14H20N4O3S/c1-9(12(19)18-8-7-15-13(18)20)22-14-17-16-11(21-14)10-5-3-2-4-6-10/h9-10H,2-8H2,1H3,(H,15,20)/t9-/m1/s1. The van der Waals surface area contributed by atoms with E-state index in [0.717, 1.165) is 12.8 Å². The van der Waals surface area contributed by atoms with E-state index in [2.05, 4.69) is 15.5 Å². The number of carbonyl (C=O) groups is 2. The van der Waals surface area contributed by atoms with Crippen molar-refractivity contribution in [3.63, 3.8) is 0 Å². The topological polar surface area (TPSA) is 88.3 Å². The number of thioether (sulfide) groups is 1. The maximum Gasteiger partial charge on any atom is 0.324 e. The lowest BCUT2D eigenvalue weighted by atomic mass is 9.89. The number of amides is 3. The Morgan fingerprint density at radius 3 is 2.82 bits per heavy atom. The summed E-state index contributed by atoms with van der Waals surface area (Å²) in [5.74, 6) is 0.809. The number of nitrogens with zero attached hydrogens (tertiary/aromatic N) is 3. The molecule has 0 unspecified atom stereocenters. The van der Waals surface area contributed by atoms with E-state index < -0.39 is 5.25 Å². The number of rotatable bonds is 4. The van der Waals surface area contributed by atoms with Crippen LogP contribution >= 0.6 is 11.8 Å². The molecule has 22 heavy (non-hydrogen) atoms. The Balaban J connectivity index is 1.59. The first-order valence-electron chi connectivity index (χ1n) is 7.74. The van der Waals surface area contributed by atoms with Gasteiger partial charge < -0.3 is 9.73 Å². The fourth-order valence-corrected chi connectivity index (χ4v) is 3.64. The van der Waals surface area contributed by atoms with Crippen LogP contribution in [0.5, 0.6) is 0 Å². The zero-order valence-corrected chi connectivity index (χ0v) is 13.4. The molecule has 2 fully saturated rings. The van der Waals surface area contributed by atoms with Crippen molar-refractivity contribution in [2.75, 3.05) is 13.1 Å². The second kappa shape index (κ2) is 6.68. The van der Waals surface area contributed by atoms with Gasteiger partial charge in [-0.2, -0.15) is 0 Å². The van der Waals surface area contributed by atoms with Crippen molar-refractivity contribution in [2.24, 2.45) is 0 Å². The molecule has 1 atom stereocenters. The third-order valence-electron chi connectivity index (χ3n) is 4.12. The van der Waals surface area contributed by atoms with Gasteiger partial charge in [-0.05, 0) is 19.8 Å². The fourth-order valence-electron chi connectivity index (χ4n) is 2.89. The van der Waals surface area contributed by atoms with Gasteiger partial charge in [0.1, 0.15) is 0 Å². The first kappa shape index (κ1) is 15.3. The zero-order valence-electron chi connectivity index (χ0n) is 12.6. The molecule has 1 saturated heterocycles. The monoisotopic (exact) mass is 324 g/mol. The van der Waals surface area contributed by atoms with Crippen LogP contribution in [0.3, 0.4) is 0 Å². The van der Waals surface area contributed by atoms with Crippen LogP contribution in [0, 0.1) is 0 Å². The van der Waals surface area contributed by atoms with Crippen LogP contribution in [0.1, 0.15) is 50.8 Å². The van der Waals surface area contributed by atoms with Gasteiger partial charge in [-0.1, -0.05) is 31.0 Å². The summed E-state index contributed by atoms with van der Waals surface area (Å²) in [6.45, 7) is 2.68. The van der Waals surface area contributed by atoms with Crippen LogP contribution < -0.4 is 5.32 Å². The Labute approximate surface area is 133 Å². The van der Waals surface area contributed by atoms with Crippen LogP contribution in [0.25, 0.3) is 0 Å². The molecular formula is C14H20N4O3S. The van der Waals surface area contributed by atoms with Gasteiger partial charge in [-0.15, -0.1) is 10.2 Å². The van der Waals surface area contributed by atoms with Gasteiger partial charge in [0.15, 0.2) is 0 Å². The molecule has 8 heteroatoms. The molecule has 1 saturated carbocycles. The molecule has 7 nitrogen and oxygen atoms in total. The van der Waals surface area contributed by atoms with Crippen molar-refractivity contribution >= 4 is 23.7 Å². The third-order valence-corrected chi connectivity index (χ3v) is 5.05. The summed E-state index contributed by atoms with van der Waals surface area (Å²) in [5, 5.41) is 10.8. The number of hydrogen-bond donors (Lipinski definition) is 1. The summed E-state index contributed by atoms with van der Waals surface area (Å²) in [7, 11) is 0. The Kier molecular flexibility index (Phi) is 4.66.